The fourth-order valence-electron chi connectivity index (χ4n) is 3.61. The van der Waals surface area contributed by atoms with E-state index < -0.39 is 0 Å². The van der Waals surface area contributed by atoms with E-state index in [1.54, 1.807) is 17.0 Å². The van der Waals surface area contributed by atoms with Crippen molar-refractivity contribution in [1.82, 2.24) is 14.8 Å². The molecular formula is C19H21FN4O2. The van der Waals surface area contributed by atoms with E-state index >= 15 is 0 Å². The van der Waals surface area contributed by atoms with Crippen LogP contribution in [0, 0.1) is 5.82 Å². The molecule has 0 spiro atoms. The van der Waals surface area contributed by atoms with Crippen molar-refractivity contribution in [3.8, 4) is 0 Å². The molecule has 2 fully saturated rings. The first kappa shape index (κ1) is 16.8. The van der Waals surface area contributed by atoms with Crippen molar-refractivity contribution >= 4 is 11.6 Å². The molecular weight excluding hydrogens is 335 g/mol. The van der Waals surface area contributed by atoms with Gasteiger partial charge in [0, 0.05) is 57.2 Å². The lowest BCUT2D eigenvalue weighted by Crippen LogP contribution is -2.64. The fraction of sp³-hybridized carbons (Fsp3) is 0.368. The summed E-state index contributed by atoms with van der Waals surface area (Å²) in [5.74, 6) is -0.420. The van der Waals surface area contributed by atoms with Gasteiger partial charge in [-0.3, -0.25) is 14.5 Å². The third kappa shape index (κ3) is 3.22. The van der Waals surface area contributed by atoms with Gasteiger partial charge in [0.25, 0.3) is 11.5 Å². The number of pyridine rings is 1. The van der Waals surface area contributed by atoms with Crippen LogP contribution >= 0.6 is 0 Å². The van der Waals surface area contributed by atoms with Crippen molar-refractivity contribution in [2.24, 2.45) is 0 Å². The van der Waals surface area contributed by atoms with Gasteiger partial charge in [0.2, 0.25) is 0 Å². The predicted molar refractivity (Wildman–Crippen MR) is 96.9 cm³/mol. The molecule has 0 saturated carbocycles. The Hall–Kier alpha value is -2.67. The summed E-state index contributed by atoms with van der Waals surface area (Å²) in [4.78, 5) is 33.0. The van der Waals surface area contributed by atoms with E-state index in [-0.39, 0.29) is 22.8 Å². The molecule has 1 amide bonds. The Morgan fingerprint density at radius 1 is 1.04 bits per heavy atom. The molecule has 7 heteroatoms. The Morgan fingerprint density at radius 2 is 1.73 bits per heavy atom. The van der Waals surface area contributed by atoms with Crippen LogP contribution in [-0.4, -0.2) is 66.0 Å². The number of nitrogens with one attached hydrogen (secondary N) is 1. The number of carbonyl (C=O) groups excluding carboxylic acids is 1. The lowest BCUT2D eigenvalue weighted by molar-refractivity contribution is 0.0245. The highest BCUT2D eigenvalue weighted by atomic mass is 19.1. The van der Waals surface area contributed by atoms with E-state index in [4.69, 9.17) is 0 Å². The monoisotopic (exact) mass is 356 g/mol. The third-order valence-electron chi connectivity index (χ3n) is 5.22. The van der Waals surface area contributed by atoms with Crippen LogP contribution in [-0.2, 0) is 0 Å². The van der Waals surface area contributed by atoms with Crippen molar-refractivity contribution < 1.29 is 9.18 Å². The van der Waals surface area contributed by atoms with Crippen LogP contribution in [0.25, 0.3) is 0 Å². The molecule has 6 nitrogen and oxygen atoms in total. The average molecular weight is 356 g/mol. The number of halogens is 1. The van der Waals surface area contributed by atoms with Crippen molar-refractivity contribution in [2.45, 2.75) is 6.04 Å². The summed E-state index contributed by atoms with van der Waals surface area (Å²) in [6.07, 6.45) is 1.53. The van der Waals surface area contributed by atoms with Crippen LogP contribution in [0.2, 0.25) is 0 Å². The molecule has 26 heavy (non-hydrogen) atoms. The molecule has 136 valence electrons. The van der Waals surface area contributed by atoms with Gasteiger partial charge in [-0.15, -0.1) is 0 Å². The van der Waals surface area contributed by atoms with Crippen LogP contribution in [0.5, 0.6) is 0 Å². The molecule has 4 rings (SSSR count). The number of likely N-dealkylation sites (tertiary alicyclic amines) is 1. The maximum atomic E-state index is 13.0. The van der Waals surface area contributed by atoms with Crippen LogP contribution in [0.3, 0.4) is 0 Å². The lowest BCUT2D eigenvalue weighted by atomic mass is 10.0. The van der Waals surface area contributed by atoms with Crippen molar-refractivity contribution in [3.05, 3.63) is 64.3 Å². The van der Waals surface area contributed by atoms with E-state index in [2.05, 4.69) is 14.8 Å². The highest BCUT2D eigenvalue weighted by molar-refractivity contribution is 5.94. The minimum atomic E-state index is -0.339. The number of amides is 1. The van der Waals surface area contributed by atoms with E-state index in [0.717, 1.165) is 31.9 Å². The quantitative estimate of drug-likeness (QED) is 0.897. The Morgan fingerprint density at radius 3 is 2.38 bits per heavy atom. The number of H-pyrrole nitrogens is 1. The van der Waals surface area contributed by atoms with Gasteiger partial charge < -0.3 is 14.8 Å². The smallest absolute Gasteiger partial charge is 0.260 e. The second kappa shape index (κ2) is 6.92. The molecule has 1 aromatic heterocycles. The molecule has 2 aliphatic rings. The molecule has 0 aliphatic carbocycles. The summed E-state index contributed by atoms with van der Waals surface area (Å²) in [6.45, 7) is 4.91. The van der Waals surface area contributed by atoms with Gasteiger partial charge in [0.05, 0.1) is 0 Å². The summed E-state index contributed by atoms with van der Waals surface area (Å²) in [7, 11) is 0. The van der Waals surface area contributed by atoms with Crippen molar-refractivity contribution in [3.63, 3.8) is 0 Å². The summed E-state index contributed by atoms with van der Waals surface area (Å²) in [5, 5.41) is 0. The maximum absolute atomic E-state index is 13.0. The largest absolute Gasteiger partial charge is 0.369 e. The van der Waals surface area contributed by atoms with Gasteiger partial charge in [-0.2, -0.15) is 0 Å². The Kier molecular flexibility index (Phi) is 4.46. The molecule has 1 aromatic carbocycles. The first-order valence-electron chi connectivity index (χ1n) is 8.83. The number of rotatable bonds is 3. The molecule has 0 unspecified atom stereocenters. The number of hydrogen-bond donors (Lipinski definition) is 1. The number of aromatic nitrogens is 1. The Balaban J connectivity index is 1.29. The van der Waals surface area contributed by atoms with Gasteiger partial charge in [0.15, 0.2) is 0 Å². The van der Waals surface area contributed by atoms with E-state index in [0.29, 0.717) is 19.1 Å². The predicted octanol–water partition coefficient (Wildman–Crippen LogP) is 1.16. The highest BCUT2D eigenvalue weighted by Crippen LogP contribution is 2.21. The number of anilines is 1. The van der Waals surface area contributed by atoms with Crippen LogP contribution in [0.15, 0.2) is 47.4 Å². The van der Waals surface area contributed by atoms with Crippen LogP contribution < -0.4 is 10.5 Å². The van der Waals surface area contributed by atoms with E-state index in [1.807, 2.05) is 12.1 Å². The Bertz CT molecular complexity index is 837. The van der Waals surface area contributed by atoms with E-state index in [1.165, 1.54) is 18.3 Å². The van der Waals surface area contributed by atoms with Crippen LogP contribution in [0.1, 0.15) is 10.4 Å². The number of benzene rings is 1. The zero-order chi connectivity index (χ0) is 18.1. The zero-order valence-corrected chi connectivity index (χ0v) is 14.4. The van der Waals surface area contributed by atoms with Gasteiger partial charge >= 0.3 is 0 Å². The highest BCUT2D eigenvalue weighted by Gasteiger charge is 2.36. The molecule has 0 radical (unpaired) electrons. The first-order valence-corrected chi connectivity index (χ1v) is 8.83. The fourth-order valence-corrected chi connectivity index (χ4v) is 3.61. The first-order chi connectivity index (χ1) is 12.6. The topological polar surface area (TPSA) is 59.7 Å². The number of hydrogen-bond acceptors (Lipinski definition) is 4. The number of nitrogens with zero attached hydrogens (tertiary/aromatic N) is 3. The summed E-state index contributed by atoms with van der Waals surface area (Å²) >= 11 is 0. The molecule has 2 aliphatic heterocycles. The van der Waals surface area contributed by atoms with Gasteiger partial charge in [0.1, 0.15) is 11.4 Å². The van der Waals surface area contributed by atoms with Gasteiger partial charge in [-0.05, 0) is 36.4 Å². The van der Waals surface area contributed by atoms with E-state index in [9.17, 15) is 14.0 Å². The average Bonchev–Trinajstić information content (AvgIpc) is 2.62. The van der Waals surface area contributed by atoms with Gasteiger partial charge in [-0.25, -0.2) is 4.39 Å². The number of carbonyl (C=O) groups is 1. The van der Waals surface area contributed by atoms with Crippen LogP contribution in [0.4, 0.5) is 10.1 Å². The second-order valence-electron chi connectivity index (χ2n) is 6.78. The molecule has 2 saturated heterocycles. The second-order valence-corrected chi connectivity index (χ2v) is 6.78. The maximum Gasteiger partial charge on any atom is 0.260 e. The summed E-state index contributed by atoms with van der Waals surface area (Å²) < 4.78 is 13.0. The molecule has 2 aromatic rings. The summed E-state index contributed by atoms with van der Waals surface area (Å²) in [6, 6.07) is 10.2. The molecule has 0 atom stereocenters. The normalized spacial score (nSPS) is 18.7. The lowest BCUT2D eigenvalue weighted by Gasteiger charge is -2.48. The number of aromatic amines is 1. The Labute approximate surface area is 150 Å². The molecule has 1 N–H and O–H groups in total. The van der Waals surface area contributed by atoms with Crippen molar-refractivity contribution in [1.29, 1.82) is 0 Å². The number of piperazine rings is 1. The minimum Gasteiger partial charge on any atom is -0.369 e. The SMILES string of the molecule is O=C(c1ccc[nH]c1=O)N1CC(N2CCN(c3ccc(F)cc3)CC2)C1. The molecule has 0 bridgehead atoms. The van der Waals surface area contributed by atoms with Gasteiger partial charge in [-0.1, -0.05) is 0 Å². The standard InChI is InChI=1S/C19H21FN4O2/c20-14-3-5-15(6-4-14)22-8-10-23(11-9-22)16-12-24(13-16)19(26)17-2-1-7-21-18(17)25/h1-7,16H,8-13H2,(H,21,25). The third-order valence-corrected chi connectivity index (χ3v) is 5.22. The van der Waals surface area contributed by atoms with Crippen molar-refractivity contribution in [2.75, 3.05) is 44.2 Å². The zero-order valence-electron chi connectivity index (χ0n) is 14.4. The molecule has 3 heterocycles. The summed E-state index contributed by atoms with van der Waals surface area (Å²) in [5.41, 5.74) is 0.903. The minimum absolute atomic E-state index is 0.201.